The zero-order valence-corrected chi connectivity index (χ0v) is 13.0. The van der Waals surface area contributed by atoms with Gasteiger partial charge in [0.05, 0.1) is 12.6 Å². The monoisotopic (exact) mass is 346 g/mol. The Morgan fingerprint density at radius 3 is 2.46 bits per heavy atom. The van der Waals surface area contributed by atoms with Gasteiger partial charge < -0.3 is 15.2 Å². The number of hydrogen-bond donors (Lipinski definition) is 2. The van der Waals surface area contributed by atoms with Crippen molar-refractivity contribution in [3.63, 3.8) is 0 Å². The van der Waals surface area contributed by atoms with Gasteiger partial charge in [-0.25, -0.2) is 4.79 Å². The summed E-state index contributed by atoms with van der Waals surface area (Å²) in [6.07, 6.45) is -5.26. The van der Waals surface area contributed by atoms with Crippen molar-refractivity contribution in [1.29, 1.82) is 0 Å². The second-order valence-corrected chi connectivity index (χ2v) is 5.35. The molecule has 0 unspecified atom stereocenters. The molecule has 1 aromatic carbocycles. The van der Waals surface area contributed by atoms with Gasteiger partial charge in [-0.05, 0) is 12.5 Å². The molecule has 1 aromatic rings. The van der Waals surface area contributed by atoms with E-state index in [4.69, 9.17) is 4.74 Å². The minimum atomic E-state index is -5.26. The lowest BCUT2D eigenvalue weighted by molar-refractivity contribution is -0.328. The number of rotatable bonds is 3. The molecule has 2 amide bonds. The normalized spacial score (nSPS) is 27.6. The van der Waals surface area contributed by atoms with Crippen LogP contribution in [-0.4, -0.2) is 47.6 Å². The number of carbonyl (C=O) groups excluding carboxylic acids is 2. The van der Waals surface area contributed by atoms with Crippen LogP contribution in [0.1, 0.15) is 18.5 Å². The second kappa shape index (κ2) is 6.31. The number of urea groups is 1. The highest BCUT2D eigenvalue weighted by Crippen LogP contribution is 2.46. The van der Waals surface area contributed by atoms with Crippen molar-refractivity contribution >= 4 is 12.0 Å². The molecule has 9 heteroatoms. The Morgan fingerprint density at radius 2 is 1.96 bits per heavy atom. The topological polar surface area (TPSA) is 78.9 Å². The first-order chi connectivity index (χ1) is 11.1. The largest absolute Gasteiger partial charge is 0.466 e. The molecular formula is C15H17F3N2O4. The highest BCUT2D eigenvalue weighted by molar-refractivity contribution is 5.83. The zero-order chi connectivity index (χ0) is 18.1. The summed E-state index contributed by atoms with van der Waals surface area (Å²) in [7, 11) is 0.774. The van der Waals surface area contributed by atoms with Crippen LogP contribution in [0.4, 0.5) is 18.0 Å². The first-order valence-electron chi connectivity index (χ1n) is 7.19. The SMILES string of the molecule is CCOC(=O)[C@H]1[C@@H](c2ccccc2)NC(=O)N(C)[C@]1(O)C(F)(F)F. The Hall–Kier alpha value is -2.29. The van der Waals surface area contributed by atoms with Gasteiger partial charge in [0.1, 0.15) is 5.92 Å². The number of alkyl halides is 3. The average Bonchev–Trinajstić information content (AvgIpc) is 2.52. The van der Waals surface area contributed by atoms with Crippen molar-refractivity contribution < 1.29 is 32.6 Å². The summed E-state index contributed by atoms with van der Waals surface area (Å²) >= 11 is 0. The molecule has 1 heterocycles. The summed E-state index contributed by atoms with van der Waals surface area (Å²) in [5, 5.41) is 12.7. The summed E-state index contributed by atoms with van der Waals surface area (Å²) in [5.74, 6) is -3.33. The van der Waals surface area contributed by atoms with Crippen molar-refractivity contribution in [1.82, 2.24) is 10.2 Å². The molecule has 1 fully saturated rings. The van der Waals surface area contributed by atoms with Gasteiger partial charge in [0.25, 0.3) is 5.72 Å². The molecule has 1 saturated heterocycles. The van der Waals surface area contributed by atoms with Crippen molar-refractivity contribution in [2.75, 3.05) is 13.7 Å². The van der Waals surface area contributed by atoms with Crippen LogP contribution in [0.5, 0.6) is 0 Å². The van der Waals surface area contributed by atoms with E-state index in [-0.39, 0.29) is 17.1 Å². The Kier molecular flexibility index (Phi) is 4.75. The minimum Gasteiger partial charge on any atom is -0.466 e. The van der Waals surface area contributed by atoms with Crippen LogP contribution in [-0.2, 0) is 9.53 Å². The third-order valence-corrected chi connectivity index (χ3v) is 3.98. The van der Waals surface area contributed by atoms with Crippen molar-refractivity contribution in [2.45, 2.75) is 24.9 Å². The Morgan fingerprint density at radius 1 is 1.38 bits per heavy atom. The second-order valence-electron chi connectivity index (χ2n) is 5.35. The van der Waals surface area contributed by atoms with Crippen LogP contribution in [0.2, 0.25) is 0 Å². The third kappa shape index (κ3) is 2.79. The first kappa shape index (κ1) is 18.1. The molecule has 1 aliphatic rings. The van der Waals surface area contributed by atoms with Gasteiger partial charge in [0.15, 0.2) is 0 Å². The van der Waals surface area contributed by atoms with E-state index in [2.05, 4.69) is 5.32 Å². The predicted octanol–water partition coefficient (Wildman–Crippen LogP) is 1.81. The highest BCUT2D eigenvalue weighted by atomic mass is 19.4. The Bertz CT molecular complexity index is 623. The number of halogens is 3. The fourth-order valence-electron chi connectivity index (χ4n) is 2.74. The fraction of sp³-hybridized carbons (Fsp3) is 0.467. The molecule has 0 spiro atoms. The number of hydrogen-bond acceptors (Lipinski definition) is 4. The van der Waals surface area contributed by atoms with E-state index >= 15 is 0 Å². The molecule has 6 nitrogen and oxygen atoms in total. The van der Waals surface area contributed by atoms with Gasteiger partial charge in [-0.15, -0.1) is 0 Å². The molecule has 0 aromatic heterocycles. The van der Waals surface area contributed by atoms with Crippen molar-refractivity contribution in [2.24, 2.45) is 5.92 Å². The zero-order valence-electron chi connectivity index (χ0n) is 13.0. The molecule has 3 atom stereocenters. The number of nitrogens with one attached hydrogen (secondary N) is 1. The fourth-order valence-corrected chi connectivity index (χ4v) is 2.74. The first-order valence-corrected chi connectivity index (χ1v) is 7.19. The smallest absolute Gasteiger partial charge is 0.437 e. The molecule has 1 aliphatic heterocycles. The van der Waals surface area contributed by atoms with Gasteiger partial charge in [0.2, 0.25) is 0 Å². The quantitative estimate of drug-likeness (QED) is 0.819. The maximum Gasteiger partial charge on any atom is 0.437 e. The number of aliphatic hydroxyl groups is 1. The molecule has 0 radical (unpaired) electrons. The molecule has 24 heavy (non-hydrogen) atoms. The lowest BCUT2D eigenvalue weighted by atomic mass is 9.81. The van der Waals surface area contributed by atoms with Crippen LogP contribution in [0.25, 0.3) is 0 Å². The molecule has 132 valence electrons. The molecular weight excluding hydrogens is 329 g/mol. The average molecular weight is 346 g/mol. The Balaban J connectivity index is 2.61. The van der Waals surface area contributed by atoms with E-state index in [1.807, 2.05) is 0 Å². The molecule has 2 rings (SSSR count). The standard InChI is InChI=1S/C15H17F3N2O4/c1-3-24-12(21)10-11(9-7-5-4-6-8-9)19-13(22)20(2)14(10,23)15(16,17)18/h4-8,10-11,23H,3H2,1-2H3,(H,19,22)/t10-,11-,14-/m1/s1. The van der Waals surface area contributed by atoms with Crippen LogP contribution < -0.4 is 5.32 Å². The number of ether oxygens (including phenoxy) is 1. The van der Waals surface area contributed by atoms with Gasteiger partial charge in [-0.1, -0.05) is 30.3 Å². The van der Waals surface area contributed by atoms with E-state index in [1.165, 1.54) is 19.1 Å². The van der Waals surface area contributed by atoms with E-state index in [9.17, 15) is 27.9 Å². The van der Waals surface area contributed by atoms with E-state index < -0.39 is 35.9 Å². The van der Waals surface area contributed by atoms with Gasteiger partial charge in [-0.3, -0.25) is 9.69 Å². The summed E-state index contributed by atoms with van der Waals surface area (Å²) in [4.78, 5) is 24.3. The van der Waals surface area contributed by atoms with Crippen molar-refractivity contribution in [3.8, 4) is 0 Å². The number of carbonyl (C=O) groups is 2. The molecule has 2 N–H and O–H groups in total. The minimum absolute atomic E-state index is 0.0774. The van der Waals surface area contributed by atoms with Crippen LogP contribution >= 0.6 is 0 Å². The van der Waals surface area contributed by atoms with Gasteiger partial charge >= 0.3 is 18.2 Å². The maximum absolute atomic E-state index is 13.6. The number of nitrogens with zero attached hydrogens (tertiary/aromatic N) is 1. The number of amides is 2. The molecule has 0 saturated carbocycles. The third-order valence-electron chi connectivity index (χ3n) is 3.98. The molecule has 0 bridgehead atoms. The highest BCUT2D eigenvalue weighted by Gasteiger charge is 2.69. The lowest BCUT2D eigenvalue weighted by Crippen LogP contribution is -2.73. The molecule has 0 aliphatic carbocycles. The van der Waals surface area contributed by atoms with E-state index in [0.29, 0.717) is 0 Å². The lowest BCUT2D eigenvalue weighted by Gasteiger charge is -2.49. The number of esters is 1. The summed E-state index contributed by atoms with van der Waals surface area (Å²) in [5.41, 5.74) is -3.44. The van der Waals surface area contributed by atoms with Gasteiger partial charge in [-0.2, -0.15) is 13.2 Å². The van der Waals surface area contributed by atoms with E-state index in [0.717, 1.165) is 7.05 Å². The van der Waals surface area contributed by atoms with Crippen LogP contribution in [0.15, 0.2) is 30.3 Å². The van der Waals surface area contributed by atoms with Crippen molar-refractivity contribution in [3.05, 3.63) is 35.9 Å². The maximum atomic E-state index is 13.6. The summed E-state index contributed by atoms with van der Waals surface area (Å²) in [6.45, 7) is 1.27. The Labute approximate surface area is 136 Å². The van der Waals surface area contributed by atoms with Crippen LogP contribution in [0.3, 0.4) is 0 Å². The van der Waals surface area contributed by atoms with Crippen LogP contribution in [0, 0.1) is 5.92 Å². The van der Waals surface area contributed by atoms with E-state index in [1.54, 1.807) is 18.2 Å². The summed E-state index contributed by atoms with van der Waals surface area (Å²) < 4.78 is 45.6. The summed E-state index contributed by atoms with van der Waals surface area (Å²) in [6, 6.07) is 5.11. The number of benzene rings is 1. The van der Waals surface area contributed by atoms with Gasteiger partial charge in [0, 0.05) is 7.05 Å². The predicted molar refractivity (Wildman–Crippen MR) is 76.6 cm³/mol.